The summed E-state index contributed by atoms with van der Waals surface area (Å²) in [5.74, 6) is 0.288. The monoisotopic (exact) mass is 370 g/mol. The molecule has 1 aromatic heterocycles. The molecule has 2 heterocycles. The lowest BCUT2D eigenvalue weighted by Gasteiger charge is -2.26. The molecule has 0 spiro atoms. The smallest absolute Gasteiger partial charge is 0.138 e. The van der Waals surface area contributed by atoms with E-state index in [4.69, 9.17) is 4.74 Å². The van der Waals surface area contributed by atoms with E-state index in [0.29, 0.717) is 6.54 Å². The van der Waals surface area contributed by atoms with Crippen LogP contribution in [0, 0.1) is 6.92 Å². The number of ether oxygens (including phenoxy) is 1. The fraction of sp³-hybridized carbons (Fsp3) is 0.389. The van der Waals surface area contributed by atoms with Gasteiger partial charge in [0, 0.05) is 25.8 Å². The Morgan fingerprint density at radius 3 is 2.38 bits per heavy atom. The minimum absolute atomic E-state index is 0. The van der Waals surface area contributed by atoms with Crippen molar-refractivity contribution in [1.29, 1.82) is 0 Å². The zero-order valence-corrected chi connectivity index (χ0v) is 15.4. The third-order valence-electron chi connectivity index (χ3n) is 4.01. The van der Waals surface area contributed by atoms with Crippen LogP contribution in [0.3, 0.4) is 0 Å². The normalized spacial score (nSPS) is 14.5. The van der Waals surface area contributed by atoms with Crippen LogP contribution in [0.2, 0.25) is 0 Å². The van der Waals surface area contributed by atoms with Crippen molar-refractivity contribution in [3.63, 3.8) is 0 Å². The molecular formula is C18H24Cl2N2O2. The number of hydrogen-bond donors (Lipinski definition) is 1. The third kappa shape index (κ3) is 5.64. The number of hydrogen-bond acceptors (Lipinski definition) is 4. The Labute approximate surface area is 155 Å². The highest BCUT2D eigenvalue weighted by Crippen LogP contribution is 2.20. The Morgan fingerprint density at radius 1 is 1.08 bits per heavy atom. The van der Waals surface area contributed by atoms with Gasteiger partial charge in [-0.15, -0.1) is 24.8 Å². The number of halogens is 2. The van der Waals surface area contributed by atoms with E-state index >= 15 is 0 Å². The second kappa shape index (κ2) is 9.84. The molecule has 0 unspecified atom stereocenters. The second-order valence-electron chi connectivity index (χ2n) is 5.86. The van der Waals surface area contributed by atoms with Gasteiger partial charge in [0.1, 0.15) is 5.75 Å². The molecule has 1 saturated heterocycles. The number of aromatic nitrogens is 1. The maximum absolute atomic E-state index is 10.2. The molecule has 6 heteroatoms. The van der Waals surface area contributed by atoms with Crippen LogP contribution in [0.5, 0.6) is 5.75 Å². The first-order valence-corrected chi connectivity index (χ1v) is 7.73. The summed E-state index contributed by atoms with van der Waals surface area (Å²) in [6.07, 6.45) is 2.66. The van der Waals surface area contributed by atoms with Crippen molar-refractivity contribution in [2.45, 2.75) is 19.9 Å². The van der Waals surface area contributed by atoms with Crippen LogP contribution in [0.1, 0.15) is 22.4 Å². The Morgan fingerprint density at radius 2 is 1.75 bits per heavy atom. The van der Waals surface area contributed by atoms with Crippen LogP contribution in [0.4, 0.5) is 0 Å². The van der Waals surface area contributed by atoms with E-state index in [1.165, 1.54) is 11.1 Å². The SMILES string of the molecule is Cc1ccc(Cc2cnc(CN3CCOCC3)c(O)c2)cc1.Cl.Cl. The van der Waals surface area contributed by atoms with Crippen molar-refractivity contribution in [2.24, 2.45) is 0 Å². The molecule has 132 valence electrons. The molecule has 0 aliphatic carbocycles. The number of benzene rings is 1. The molecule has 0 amide bonds. The molecule has 1 fully saturated rings. The van der Waals surface area contributed by atoms with Crippen LogP contribution in [-0.2, 0) is 17.7 Å². The van der Waals surface area contributed by atoms with Crippen LogP contribution in [-0.4, -0.2) is 41.3 Å². The van der Waals surface area contributed by atoms with Gasteiger partial charge in [-0.05, 0) is 30.5 Å². The van der Waals surface area contributed by atoms with E-state index in [0.717, 1.165) is 44.0 Å². The largest absolute Gasteiger partial charge is 0.506 e. The van der Waals surface area contributed by atoms with Gasteiger partial charge in [-0.2, -0.15) is 0 Å². The molecule has 4 nitrogen and oxygen atoms in total. The standard InChI is InChI=1S/C18H22N2O2.2ClH/c1-14-2-4-15(5-3-14)10-16-11-18(21)17(19-12-16)13-20-6-8-22-9-7-20;;/h2-5,11-12,21H,6-10,13H2,1H3;2*1H. The van der Waals surface area contributed by atoms with Gasteiger partial charge in [-0.1, -0.05) is 29.8 Å². The molecular weight excluding hydrogens is 347 g/mol. The molecule has 24 heavy (non-hydrogen) atoms. The second-order valence-corrected chi connectivity index (χ2v) is 5.86. The molecule has 1 aliphatic heterocycles. The third-order valence-corrected chi connectivity index (χ3v) is 4.01. The summed E-state index contributed by atoms with van der Waals surface area (Å²) in [6.45, 7) is 6.06. The lowest BCUT2D eigenvalue weighted by Crippen LogP contribution is -2.35. The summed E-state index contributed by atoms with van der Waals surface area (Å²) in [5.41, 5.74) is 4.26. The van der Waals surface area contributed by atoms with Gasteiger partial charge < -0.3 is 9.84 Å². The first-order valence-electron chi connectivity index (χ1n) is 7.73. The predicted molar refractivity (Wildman–Crippen MR) is 100 cm³/mol. The lowest BCUT2D eigenvalue weighted by atomic mass is 10.0. The van der Waals surface area contributed by atoms with Crippen molar-refractivity contribution in [3.05, 3.63) is 58.9 Å². The highest BCUT2D eigenvalue weighted by atomic mass is 35.5. The van der Waals surface area contributed by atoms with Crippen molar-refractivity contribution < 1.29 is 9.84 Å². The maximum atomic E-state index is 10.2. The zero-order valence-electron chi connectivity index (χ0n) is 13.8. The number of aromatic hydroxyl groups is 1. The van der Waals surface area contributed by atoms with Gasteiger partial charge in [0.05, 0.1) is 18.9 Å². The van der Waals surface area contributed by atoms with Crippen LogP contribution < -0.4 is 0 Å². The van der Waals surface area contributed by atoms with Crippen molar-refractivity contribution >= 4 is 24.8 Å². The van der Waals surface area contributed by atoms with E-state index in [-0.39, 0.29) is 30.6 Å². The average Bonchev–Trinajstić information content (AvgIpc) is 2.53. The van der Waals surface area contributed by atoms with Gasteiger partial charge >= 0.3 is 0 Å². The maximum Gasteiger partial charge on any atom is 0.138 e. The lowest BCUT2D eigenvalue weighted by molar-refractivity contribution is 0.0333. The number of aryl methyl sites for hydroxylation is 1. The minimum Gasteiger partial charge on any atom is -0.506 e. The van der Waals surface area contributed by atoms with E-state index in [2.05, 4.69) is 41.1 Å². The topological polar surface area (TPSA) is 45.6 Å². The summed E-state index contributed by atoms with van der Waals surface area (Å²) in [5, 5.41) is 10.2. The van der Waals surface area contributed by atoms with Crippen molar-refractivity contribution in [2.75, 3.05) is 26.3 Å². The van der Waals surface area contributed by atoms with E-state index in [1.54, 1.807) is 0 Å². The molecule has 0 bridgehead atoms. The zero-order chi connectivity index (χ0) is 15.4. The molecule has 0 atom stereocenters. The van der Waals surface area contributed by atoms with Crippen molar-refractivity contribution in [1.82, 2.24) is 9.88 Å². The van der Waals surface area contributed by atoms with E-state index in [1.807, 2.05) is 12.3 Å². The first kappa shape index (κ1) is 20.7. The van der Waals surface area contributed by atoms with Gasteiger partial charge in [0.2, 0.25) is 0 Å². The van der Waals surface area contributed by atoms with Crippen LogP contribution in [0.25, 0.3) is 0 Å². The summed E-state index contributed by atoms with van der Waals surface area (Å²) >= 11 is 0. The number of rotatable bonds is 4. The molecule has 1 aromatic carbocycles. The van der Waals surface area contributed by atoms with Crippen LogP contribution >= 0.6 is 24.8 Å². The molecule has 2 aromatic rings. The minimum atomic E-state index is 0. The van der Waals surface area contributed by atoms with Gasteiger partial charge in [-0.25, -0.2) is 0 Å². The molecule has 0 saturated carbocycles. The van der Waals surface area contributed by atoms with Gasteiger partial charge in [-0.3, -0.25) is 9.88 Å². The summed E-state index contributed by atoms with van der Waals surface area (Å²) in [6, 6.07) is 10.3. The summed E-state index contributed by atoms with van der Waals surface area (Å²) in [4.78, 5) is 6.71. The summed E-state index contributed by atoms with van der Waals surface area (Å²) < 4.78 is 5.34. The van der Waals surface area contributed by atoms with Gasteiger partial charge in [0.25, 0.3) is 0 Å². The molecule has 3 rings (SSSR count). The molecule has 1 N–H and O–H groups in total. The quantitative estimate of drug-likeness (QED) is 0.895. The van der Waals surface area contributed by atoms with Gasteiger partial charge in [0.15, 0.2) is 0 Å². The highest BCUT2D eigenvalue weighted by Gasteiger charge is 2.14. The number of nitrogens with zero attached hydrogens (tertiary/aromatic N) is 2. The van der Waals surface area contributed by atoms with E-state index < -0.39 is 0 Å². The predicted octanol–water partition coefficient (Wildman–Crippen LogP) is 3.36. The Balaban J connectivity index is 0.00000144. The molecule has 1 aliphatic rings. The Bertz CT molecular complexity index is 629. The number of morpholine rings is 1. The van der Waals surface area contributed by atoms with Crippen molar-refractivity contribution in [3.8, 4) is 5.75 Å². The summed E-state index contributed by atoms with van der Waals surface area (Å²) in [7, 11) is 0. The van der Waals surface area contributed by atoms with Crippen LogP contribution in [0.15, 0.2) is 36.5 Å². The fourth-order valence-corrected chi connectivity index (χ4v) is 2.65. The Hall–Kier alpha value is -1.33. The number of pyridine rings is 1. The fourth-order valence-electron chi connectivity index (χ4n) is 2.65. The molecule has 0 radical (unpaired) electrons. The van der Waals surface area contributed by atoms with E-state index in [9.17, 15) is 5.11 Å². The average molecular weight is 371 g/mol. The Kier molecular flexibility index (Phi) is 8.50. The highest BCUT2D eigenvalue weighted by molar-refractivity contribution is 5.85. The first-order chi connectivity index (χ1) is 10.7.